The predicted octanol–water partition coefficient (Wildman–Crippen LogP) is 2.12. The summed E-state index contributed by atoms with van der Waals surface area (Å²) in [6.45, 7) is 6.20. The first-order valence-corrected chi connectivity index (χ1v) is 6.89. The highest BCUT2D eigenvalue weighted by Crippen LogP contribution is 2.28. The quantitative estimate of drug-likeness (QED) is 0.837. The molecule has 0 aliphatic carbocycles. The number of benzene rings is 1. The summed E-state index contributed by atoms with van der Waals surface area (Å²) in [5.74, 6) is 1.88. The molecule has 17 heavy (non-hydrogen) atoms. The van der Waals surface area contributed by atoms with Crippen molar-refractivity contribution >= 4 is 0 Å². The fourth-order valence-corrected chi connectivity index (χ4v) is 3.31. The first-order valence-electron chi connectivity index (χ1n) is 6.89. The van der Waals surface area contributed by atoms with Crippen molar-refractivity contribution in [2.45, 2.75) is 19.4 Å². The lowest BCUT2D eigenvalue weighted by atomic mass is 9.81. The molecule has 2 aliphatic rings. The molecule has 2 nitrogen and oxygen atoms in total. The smallest absolute Gasteiger partial charge is 0.0233 e. The van der Waals surface area contributed by atoms with Gasteiger partial charge in [-0.1, -0.05) is 30.3 Å². The van der Waals surface area contributed by atoms with E-state index >= 15 is 0 Å². The number of hydrogen-bond donors (Lipinski definition) is 1. The molecule has 0 unspecified atom stereocenters. The summed E-state index contributed by atoms with van der Waals surface area (Å²) in [7, 11) is 0. The van der Waals surface area contributed by atoms with Crippen molar-refractivity contribution in [3.05, 3.63) is 35.9 Å². The van der Waals surface area contributed by atoms with Gasteiger partial charge in [-0.15, -0.1) is 0 Å². The molecule has 0 saturated carbocycles. The van der Waals surface area contributed by atoms with Crippen LogP contribution in [-0.2, 0) is 6.54 Å². The maximum atomic E-state index is 3.53. The number of nitrogens with zero attached hydrogens (tertiary/aromatic N) is 1. The molecule has 1 aromatic carbocycles. The highest BCUT2D eigenvalue weighted by molar-refractivity contribution is 5.14. The van der Waals surface area contributed by atoms with Gasteiger partial charge in [0.15, 0.2) is 0 Å². The van der Waals surface area contributed by atoms with E-state index in [9.17, 15) is 0 Å². The lowest BCUT2D eigenvalue weighted by molar-refractivity contribution is 0.0904. The molecule has 3 rings (SSSR count). The fourth-order valence-electron chi connectivity index (χ4n) is 3.31. The van der Waals surface area contributed by atoms with Gasteiger partial charge < -0.3 is 5.32 Å². The zero-order valence-corrected chi connectivity index (χ0v) is 10.4. The Labute approximate surface area is 104 Å². The summed E-state index contributed by atoms with van der Waals surface area (Å²) in [4.78, 5) is 2.64. The standard InChI is InChI=1S/C15H22N2/c1-2-4-13(5-3-1)11-17-9-7-14-10-16-8-6-15(14)12-17/h1-5,14-16H,6-12H2/t14-,15+/m0/s1. The zero-order chi connectivity index (χ0) is 11.5. The minimum Gasteiger partial charge on any atom is -0.316 e. The third-order valence-corrected chi connectivity index (χ3v) is 4.32. The SMILES string of the molecule is c1ccc(CN2CC[C@H]3CNCC[C@@H]3C2)cc1. The summed E-state index contributed by atoms with van der Waals surface area (Å²) < 4.78 is 0. The Morgan fingerprint density at radius 2 is 2.00 bits per heavy atom. The summed E-state index contributed by atoms with van der Waals surface area (Å²) >= 11 is 0. The molecule has 2 atom stereocenters. The Kier molecular flexibility index (Phi) is 3.44. The largest absolute Gasteiger partial charge is 0.316 e. The number of fused-ring (bicyclic) bond motifs is 1. The van der Waals surface area contributed by atoms with Crippen molar-refractivity contribution in [3.8, 4) is 0 Å². The molecule has 2 saturated heterocycles. The molecule has 0 amide bonds. The van der Waals surface area contributed by atoms with Gasteiger partial charge in [-0.25, -0.2) is 0 Å². The second kappa shape index (κ2) is 5.19. The van der Waals surface area contributed by atoms with Gasteiger partial charge in [-0.05, 0) is 49.9 Å². The average Bonchev–Trinajstić information content (AvgIpc) is 2.40. The van der Waals surface area contributed by atoms with E-state index in [0.29, 0.717) is 0 Å². The van der Waals surface area contributed by atoms with E-state index < -0.39 is 0 Å². The Balaban J connectivity index is 1.59. The highest BCUT2D eigenvalue weighted by Gasteiger charge is 2.30. The van der Waals surface area contributed by atoms with Gasteiger partial charge in [-0.3, -0.25) is 4.90 Å². The lowest BCUT2D eigenvalue weighted by Gasteiger charge is -2.41. The van der Waals surface area contributed by atoms with Crippen LogP contribution in [-0.4, -0.2) is 31.1 Å². The maximum Gasteiger partial charge on any atom is 0.0233 e. The van der Waals surface area contributed by atoms with Crippen molar-refractivity contribution in [2.75, 3.05) is 26.2 Å². The van der Waals surface area contributed by atoms with Crippen molar-refractivity contribution in [3.63, 3.8) is 0 Å². The van der Waals surface area contributed by atoms with Crippen LogP contribution in [0.3, 0.4) is 0 Å². The Morgan fingerprint density at radius 1 is 1.12 bits per heavy atom. The summed E-state index contributed by atoms with van der Waals surface area (Å²) in [5.41, 5.74) is 1.46. The first kappa shape index (κ1) is 11.2. The van der Waals surface area contributed by atoms with Crippen molar-refractivity contribution in [1.29, 1.82) is 0 Å². The Hall–Kier alpha value is -0.860. The normalized spacial score (nSPS) is 29.9. The average molecular weight is 230 g/mol. The molecule has 2 heteroatoms. The molecule has 2 fully saturated rings. The Morgan fingerprint density at radius 3 is 2.88 bits per heavy atom. The molecular formula is C15H22N2. The molecule has 0 radical (unpaired) electrons. The second-order valence-electron chi connectivity index (χ2n) is 5.52. The van der Waals surface area contributed by atoms with Crippen LogP contribution in [0.1, 0.15) is 18.4 Å². The summed E-state index contributed by atoms with van der Waals surface area (Å²) in [5, 5.41) is 3.53. The van der Waals surface area contributed by atoms with Gasteiger partial charge >= 0.3 is 0 Å². The third kappa shape index (κ3) is 2.70. The van der Waals surface area contributed by atoms with E-state index in [1.54, 1.807) is 0 Å². The van der Waals surface area contributed by atoms with Crippen LogP contribution in [0.5, 0.6) is 0 Å². The lowest BCUT2D eigenvalue weighted by Crippen LogP contribution is -2.47. The predicted molar refractivity (Wildman–Crippen MR) is 70.8 cm³/mol. The van der Waals surface area contributed by atoms with Gasteiger partial charge in [0.25, 0.3) is 0 Å². The minimum atomic E-state index is 0.939. The van der Waals surface area contributed by atoms with Crippen LogP contribution in [0.2, 0.25) is 0 Å². The second-order valence-corrected chi connectivity index (χ2v) is 5.52. The number of rotatable bonds is 2. The molecule has 0 bridgehead atoms. The fraction of sp³-hybridized carbons (Fsp3) is 0.600. The number of piperidine rings is 2. The van der Waals surface area contributed by atoms with E-state index in [1.807, 2.05) is 0 Å². The monoisotopic (exact) mass is 230 g/mol. The first-order chi connectivity index (χ1) is 8.42. The number of likely N-dealkylation sites (tertiary alicyclic amines) is 1. The van der Waals surface area contributed by atoms with Crippen molar-refractivity contribution in [2.24, 2.45) is 11.8 Å². The maximum absolute atomic E-state index is 3.53. The molecule has 2 heterocycles. The van der Waals surface area contributed by atoms with Crippen LogP contribution in [0.4, 0.5) is 0 Å². The van der Waals surface area contributed by atoms with Crippen LogP contribution in [0.25, 0.3) is 0 Å². The molecular weight excluding hydrogens is 208 g/mol. The van der Waals surface area contributed by atoms with E-state index in [1.165, 1.54) is 44.6 Å². The van der Waals surface area contributed by atoms with Crippen molar-refractivity contribution in [1.82, 2.24) is 10.2 Å². The summed E-state index contributed by atoms with van der Waals surface area (Å²) in [6.07, 6.45) is 2.75. The molecule has 0 spiro atoms. The third-order valence-electron chi connectivity index (χ3n) is 4.32. The Bertz CT molecular complexity index is 349. The van der Waals surface area contributed by atoms with E-state index in [4.69, 9.17) is 0 Å². The topological polar surface area (TPSA) is 15.3 Å². The molecule has 0 aromatic heterocycles. The molecule has 1 N–H and O–H groups in total. The number of nitrogens with one attached hydrogen (secondary N) is 1. The highest BCUT2D eigenvalue weighted by atomic mass is 15.1. The van der Waals surface area contributed by atoms with Gasteiger partial charge in [0.05, 0.1) is 0 Å². The van der Waals surface area contributed by atoms with Crippen molar-refractivity contribution < 1.29 is 0 Å². The molecule has 1 aromatic rings. The van der Waals surface area contributed by atoms with Gasteiger partial charge in [0, 0.05) is 13.1 Å². The van der Waals surface area contributed by atoms with E-state index in [0.717, 1.165) is 18.4 Å². The van der Waals surface area contributed by atoms with E-state index in [-0.39, 0.29) is 0 Å². The number of hydrogen-bond acceptors (Lipinski definition) is 2. The van der Waals surface area contributed by atoms with Gasteiger partial charge in [0.1, 0.15) is 0 Å². The molecule has 92 valence electrons. The summed E-state index contributed by atoms with van der Waals surface area (Å²) in [6, 6.07) is 10.9. The van der Waals surface area contributed by atoms with E-state index in [2.05, 4.69) is 40.5 Å². The minimum absolute atomic E-state index is 0.939. The zero-order valence-electron chi connectivity index (χ0n) is 10.4. The van der Waals surface area contributed by atoms with Crippen LogP contribution < -0.4 is 5.32 Å². The van der Waals surface area contributed by atoms with Crippen LogP contribution in [0.15, 0.2) is 30.3 Å². The van der Waals surface area contributed by atoms with Crippen LogP contribution in [0, 0.1) is 11.8 Å². The van der Waals surface area contributed by atoms with Crippen LogP contribution >= 0.6 is 0 Å². The van der Waals surface area contributed by atoms with Gasteiger partial charge in [0.2, 0.25) is 0 Å². The molecule has 2 aliphatic heterocycles. The van der Waals surface area contributed by atoms with Gasteiger partial charge in [-0.2, -0.15) is 0 Å².